The highest BCUT2D eigenvalue weighted by Gasteiger charge is 2.14. The molecule has 106 valence electrons. The van der Waals surface area contributed by atoms with Crippen LogP contribution in [0.4, 0.5) is 0 Å². The Morgan fingerprint density at radius 1 is 1.05 bits per heavy atom. The molecule has 2 N–H and O–H groups in total. The molecule has 0 aliphatic rings. The van der Waals surface area contributed by atoms with Crippen molar-refractivity contribution in [1.82, 2.24) is 10.1 Å². The van der Waals surface area contributed by atoms with Gasteiger partial charge in [-0.15, -0.1) is 0 Å². The highest BCUT2D eigenvalue weighted by atomic mass is 35.5. The van der Waals surface area contributed by atoms with E-state index in [0.717, 1.165) is 5.56 Å². The summed E-state index contributed by atoms with van der Waals surface area (Å²) in [5.74, 6) is 0.622. The Morgan fingerprint density at radius 2 is 1.81 bits per heavy atom. The number of nitrogens with zero attached hydrogens (tertiary/aromatic N) is 2. The number of benzene rings is 2. The number of rotatable bonds is 3. The molecule has 0 aliphatic heterocycles. The van der Waals surface area contributed by atoms with Crippen LogP contribution in [-0.2, 0) is 6.42 Å². The number of phenolic OH excluding ortho intramolecular Hbond substituents is 2. The molecule has 21 heavy (non-hydrogen) atoms. The van der Waals surface area contributed by atoms with E-state index in [1.54, 1.807) is 12.1 Å². The summed E-state index contributed by atoms with van der Waals surface area (Å²) in [6.45, 7) is 0. The molecule has 3 aromatic rings. The van der Waals surface area contributed by atoms with E-state index in [9.17, 15) is 10.2 Å². The van der Waals surface area contributed by atoms with Crippen molar-refractivity contribution in [3.8, 4) is 23.0 Å². The number of phenols is 2. The summed E-state index contributed by atoms with van der Waals surface area (Å²) < 4.78 is 5.12. The minimum absolute atomic E-state index is 0.0141. The molecule has 0 spiro atoms. The molecule has 0 saturated heterocycles. The molecule has 2 aromatic carbocycles. The number of hydrogen-bond donors (Lipinski definition) is 2. The van der Waals surface area contributed by atoms with Crippen molar-refractivity contribution in [3.05, 3.63) is 58.9 Å². The van der Waals surface area contributed by atoms with Gasteiger partial charge in [-0.1, -0.05) is 28.9 Å². The van der Waals surface area contributed by atoms with Gasteiger partial charge in [0.15, 0.2) is 5.82 Å². The summed E-state index contributed by atoms with van der Waals surface area (Å²) in [5.41, 5.74) is 1.29. The van der Waals surface area contributed by atoms with E-state index in [1.165, 1.54) is 18.2 Å². The third-order valence-corrected chi connectivity index (χ3v) is 3.21. The van der Waals surface area contributed by atoms with Gasteiger partial charge in [-0.25, -0.2) is 0 Å². The van der Waals surface area contributed by atoms with Gasteiger partial charge in [-0.2, -0.15) is 4.98 Å². The summed E-state index contributed by atoms with van der Waals surface area (Å²) in [6.07, 6.45) is 0.486. The largest absolute Gasteiger partial charge is 0.508 e. The summed E-state index contributed by atoms with van der Waals surface area (Å²) in [5, 5.41) is 23.8. The second-order valence-corrected chi connectivity index (χ2v) is 4.96. The monoisotopic (exact) mass is 302 g/mol. The Labute approximate surface area is 125 Å². The van der Waals surface area contributed by atoms with E-state index in [-0.39, 0.29) is 17.4 Å². The van der Waals surface area contributed by atoms with Gasteiger partial charge in [0.2, 0.25) is 0 Å². The number of hydrogen-bond acceptors (Lipinski definition) is 5. The Hall–Kier alpha value is -2.53. The van der Waals surface area contributed by atoms with Gasteiger partial charge >= 0.3 is 0 Å². The second-order valence-electron chi connectivity index (χ2n) is 4.52. The van der Waals surface area contributed by atoms with Crippen LogP contribution in [0.15, 0.2) is 47.0 Å². The van der Waals surface area contributed by atoms with Crippen LogP contribution >= 0.6 is 11.6 Å². The Kier molecular flexibility index (Phi) is 3.50. The van der Waals surface area contributed by atoms with Crippen molar-refractivity contribution in [1.29, 1.82) is 0 Å². The van der Waals surface area contributed by atoms with Gasteiger partial charge in [0.25, 0.3) is 5.89 Å². The number of halogens is 1. The normalized spacial score (nSPS) is 10.7. The van der Waals surface area contributed by atoms with Crippen molar-refractivity contribution >= 4 is 11.6 Å². The molecule has 0 atom stereocenters. The van der Waals surface area contributed by atoms with Gasteiger partial charge < -0.3 is 14.7 Å². The highest BCUT2D eigenvalue weighted by Crippen LogP contribution is 2.31. The molecule has 0 fully saturated rings. The SMILES string of the molecule is Oc1ccc(O)c(-c2nc(Cc3ccc(Cl)cc3)no2)c1. The molecule has 0 saturated carbocycles. The Morgan fingerprint density at radius 3 is 2.57 bits per heavy atom. The standard InChI is InChI=1S/C15H11ClN2O3/c16-10-3-1-9(2-4-10)7-14-17-15(21-18-14)12-8-11(19)5-6-13(12)20/h1-6,8,19-20H,7H2. The predicted molar refractivity (Wildman–Crippen MR) is 77.3 cm³/mol. The Bertz CT molecular complexity index is 769. The van der Waals surface area contributed by atoms with Crippen LogP contribution in [0, 0.1) is 0 Å². The molecule has 3 rings (SSSR count). The molecule has 6 heteroatoms. The van der Waals surface area contributed by atoms with E-state index in [0.29, 0.717) is 22.8 Å². The second kappa shape index (κ2) is 5.46. The van der Waals surface area contributed by atoms with Crippen LogP contribution in [0.25, 0.3) is 11.5 Å². The van der Waals surface area contributed by atoms with Gasteiger partial charge in [0.05, 0.1) is 5.56 Å². The molecule has 0 aliphatic carbocycles. The van der Waals surface area contributed by atoms with Crippen molar-refractivity contribution in [2.45, 2.75) is 6.42 Å². The fraction of sp³-hybridized carbons (Fsp3) is 0.0667. The van der Waals surface area contributed by atoms with Gasteiger partial charge in [0, 0.05) is 11.4 Å². The lowest BCUT2D eigenvalue weighted by Gasteiger charge is -1.99. The zero-order valence-corrected chi connectivity index (χ0v) is 11.6. The summed E-state index contributed by atoms with van der Waals surface area (Å²) in [4.78, 5) is 4.22. The van der Waals surface area contributed by atoms with Gasteiger partial charge in [-0.05, 0) is 35.9 Å². The molecule has 5 nitrogen and oxygen atoms in total. The van der Waals surface area contributed by atoms with Crippen molar-refractivity contribution in [2.24, 2.45) is 0 Å². The van der Waals surface area contributed by atoms with E-state index in [1.807, 2.05) is 12.1 Å². The molecular weight excluding hydrogens is 292 g/mol. The van der Waals surface area contributed by atoms with Crippen LogP contribution in [0.1, 0.15) is 11.4 Å². The molecule has 0 bridgehead atoms. The van der Waals surface area contributed by atoms with E-state index in [2.05, 4.69) is 10.1 Å². The average molecular weight is 303 g/mol. The van der Waals surface area contributed by atoms with E-state index in [4.69, 9.17) is 16.1 Å². The van der Waals surface area contributed by atoms with Crippen LogP contribution in [0.2, 0.25) is 5.02 Å². The fourth-order valence-electron chi connectivity index (χ4n) is 1.92. The first-order valence-corrected chi connectivity index (χ1v) is 6.59. The lowest BCUT2D eigenvalue weighted by Crippen LogP contribution is -1.90. The van der Waals surface area contributed by atoms with Crippen molar-refractivity contribution in [3.63, 3.8) is 0 Å². The zero-order valence-electron chi connectivity index (χ0n) is 10.8. The highest BCUT2D eigenvalue weighted by molar-refractivity contribution is 6.30. The van der Waals surface area contributed by atoms with E-state index < -0.39 is 0 Å². The maximum absolute atomic E-state index is 9.76. The summed E-state index contributed by atoms with van der Waals surface area (Å²) >= 11 is 5.83. The first-order chi connectivity index (χ1) is 10.1. The van der Waals surface area contributed by atoms with Crippen molar-refractivity contribution < 1.29 is 14.7 Å². The minimum atomic E-state index is -0.0329. The number of aromatic hydroxyl groups is 2. The lowest BCUT2D eigenvalue weighted by atomic mass is 10.1. The van der Waals surface area contributed by atoms with Crippen LogP contribution in [-0.4, -0.2) is 20.4 Å². The molecule has 0 radical (unpaired) electrons. The summed E-state index contributed by atoms with van der Waals surface area (Å²) in [6, 6.07) is 11.5. The fourth-order valence-corrected chi connectivity index (χ4v) is 2.04. The molecule has 1 aromatic heterocycles. The quantitative estimate of drug-likeness (QED) is 0.725. The Balaban J connectivity index is 1.86. The predicted octanol–water partition coefficient (Wildman–Crippen LogP) is 3.39. The van der Waals surface area contributed by atoms with E-state index >= 15 is 0 Å². The molecule has 0 unspecified atom stereocenters. The first kappa shape index (κ1) is 13.5. The van der Waals surface area contributed by atoms with Crippen molar-refractivity contribution in [2.75, 3.05) is 0 Å². The number of aromatic nitrogens is 2. The maximum atomic E-state index is 9.76. The average Bonchev–Trinajstić information content (AvgIpc) is 2.92. The third-order valence-electron chi connectivity index (χ3n) is 2.95. The minimum Gasteiger partial charge on any atom is -0.508 e. The van der Waals surface area contributed by atoms with Gasteiger partial charge in [0.1, 0.15) is 11.5 Å². The van der Waals surface area contributed by atoms with Crippen LogP contribution in [0.5, 0.6) is 11.5 Å². The third kappa shape index (κ3) is 2.98. The van der Waals surface area contributed by atoms with Crippen LogP contribution in [0.3, 0.4) is 0 Å². The first-order valence-electron chi connectivity index (χ1n) is 6.21. The zero-order chi connectivity index (χ0) is 14.8. The topological polar surface area (TPSA) is 79.4 Å². The lowest BCUT2D eigenvalue weighted by molar-refractivity contribution is 0.417. The van der Waals surface area contributed by atoms with Crippen LogP contribution < -0.4 is 0 Å². The molecular formula is C15H11ClN2O3. The molecule has 0 amide bonds. The smallest absolute Gasteiger partial charge is 0.261 e. The maximum Gasteiger partial charge on any atom is 0.261 e. The summed E-state index contributed by atoms with van der Waals surface area (Å²) in [7, 11) is 0. The molecule has 1 heterocycles. The van der Waals surface area contributed by atoms with Gasteiger partial charge in [-0.3, -0.25) is 0 Å².